The topological polar surface area (TPSA) is 17.1 Å². The van der Waals surface area contributed by atoms with Gasteiger partial charge in [-0.05, 0) is 12.0 Å². The van der Waals surface area contributed by atoms with Crippen molar-refractivity contribution in [2.45, 2.75) is 11.8 Å². The molecule has 11 heavy (non-hydrogen) atoms. The molecule has 0 aromatic heterocycles. The molecule has 1 rings (SSSR count). The van der Waals surface area contributed by atoms with Crippen LogP contribution in [0.1, 0.15) is 5.56 Å². The minimum Gasteiger partial charge on any atom is -0.302 e. The van der Waals surface area contributed by atoms with E-state index in [1.54, 1.807) is 0 Å². The Morgan fingerprint density at radius 2 is 2.00 bits per heavy atom. The Bertz CT molecular complexity index is 220. The van der Waals surface area contributed by atoms with Gasteiger partial charge in [0.25, 0.3) is 0 Å². The summed E-state index contributed by atoms with van der Waals surface area (Å²) in [5.74, 6) is 0. The average Bonchev–Trinajstić information content (AvgIpc) is 2.06. The van der Waals surface area contributed by atoms with Crippen LogP contribution in [0, 0.1) is 0 Å². The lowest BCUT2D eigenvalue weighted by Gasteiger charge is -1.99. The van der Waals surface area contributed by atoms with Gasteiger partial charge in [0.1, 0.15) is 6.29 Å². The summed E-state index contributed by atoms with van der Waals surface area (Å²) in [6.07, 6.45) is 1.38. The van der Waals surface area contributed by atoms with Crippen LogP contribution in [-0.4, -0.2) is 11.7 Å². The maximum Gasteiger partial charge on any atom is 0.138 e. The monoisotopic (exact) mass is 168 g/mol. The van der Waals surface area contributed by atoms with Gasteiger partial charge in [0.2, 0.25) is 0 Å². The summed E-state index contributed by atoms with van der Waals surface area (Å²) in [5.41, 5.74) is 1.10. The van der Waals surface area contributed by atoms with Crippen LogP contribution in [-0.2, 0) is 11.2 Å². The highest BCUT2D eigenvalue weighted by atomic mass is 35.5. The number of alkyl halides is 1. The van der Waals surface area contributed by atoms with Crippen molar-refractivity contribution in [3.63, 3.8) is 0 Å². The number of aldehydes is 1. The van der Waals surface area contributed by atoms with E-state index < -0.39 is 5.38 Å². The molecule has 0 heterocycles. The first kappa shape index (κ1) is 8.28. The number of carbonyl (C=O) groups excluding carboxylic acids is 1. The Kier molecular flexibility index (Phi) is 3.12. The summed E-state index contributed by atoms with van der Waals surface area (Å²) in [6, 6.07) is 9.72. The zero-order chi connectivity index (χ0) is 8.10. The van der Waals surface area contributed by atoms with Gasteiger partial charge in [-0.25, -0.2) is 0 Å². The van der Waals surface area contributed by atoms with Crippen molar-refractivity contribution >= 4 is 17.9 Å². The third kappa shape index (κ3) is 2.72. The van der Waals surface area contributed by atoms with Crippen LogP contribution in [0.25, 0.3) is 0 Å². The first-order valence-electron chi connectivity index (χ1n) is 3.46. The van der Waals surface area contributed by atoms with E-state index in [-0.39, 0.29) is 0 Å². The largest absolute Gasteiger partial charge is 0.302 e. The van der Waals surface area contributed by atoms with E-state index in [0.717, 1.165) is 11.8 Å². The fraction of sp³-hybridized carbons (Fsp3) is 0.222. The molecule has 1 atom stereocenters. The molecule has 0 aliphatic rings. The minimum absolute atomic E-state index is 0.391. The third-order valence-corrected chi connectivity index (χ3v) is 1.68. The van der Waals surface area contributed by atoms with Gasteiger partial charge in [-0.1, -0.05) is 30.3 Å². The highest BCUT2D eigenvalue weighted by Gasteiger charge is 2.01. The van der Waals surface area contributed by atoms with Crippen LogP contribution >= 0.6 is 11.6 Å². The summed E-state index contributed by atoms with van der Waals surface area (Å²) in [6.45, 7) is 0. The van der Waals surface area contributed by atoms with E-state index in [1.165, 1.54) is 0 Å². The summed E-state index contributed by atoms with van der Waals surface area (Å²) in [5, 5.41) is -0.391. The summed E-state index contributed by atoms with van der Waals surface area (Å²) < 4.78 is 0. The molecular weight excluding hydrogens is 160 g/mol. The fourth-order valence-corrected chi connectivity index (χ4v) is 1.07. The highest BCUT2D eigenvalue weighted by molar-refractivity contribution is 6.27. The maximum absolute atomic E-state index is 10.2. The van der Waals surface area contributed by atoms with Crippen molar-refractivity contribution in [1.29, 1.82) is 0 Å². The molecule has 0 fully saturated rings. The van der Waals surface area contributed by atoms with Crippen LogP contribution in [0.2, 0.25) is 0 Å². The van der Waals surface area contributed by atoms with Crippen molar-refractivity contribution in [3.8, 4) is 0 Å². The number of benzene rings is 1. The van der Waals surface area contributed by atoms with Crippen LogP contribution in [0.5, 0.6) is 0 Å². The summed E-state index contributed by atoms with van der Waals surface area (Å²) >= 11 is 5.63. The molecule has 1 aromatic rings. The van der Waals surface area contributed by atoms with E-state index >= 15 is 0 Å². The number of hydrogen-bond acceptors (Lipinski definition) is 1. The Morgan fingerprint density at radius 3 is 2.55 bits per heavy atom. The third-order valence-electron chi connectivity index (χ3n) is 1.42. The van der Waals surface area contributed by atoms with Crippen molar-refractivity contribution in [2.75, 3.05) is 0 Å². The Morgan fingerprint density at radius 1 is 1.36 bits per heavy atom. The van der Waals surface area contributed by atoms with E-state index in [2.05, 4.69) is 0 Å². The van der Waals surface area contributed by atoms with Crippen LogP contribution < -0.4 is 0 Å². The average molecular weight is 169 g/mol. The molecular formula is C9H9ClO. The normalized spacial score (nSPS) is 12.5. The SMILES string of the molecule is O=C[C@@H](Cl)Cc1ccccc1. The maximum atomic E-state index is 10.2. The molecule has 2 heteroatoms. The predicted octanol–water partition coefficient (Wildman–Crippen LogP) is 2.04. The molecule has 0 spiro atoms. The summed E-state index contributed by atoms with van der Waals surface area (Å²) in [4.78, 5) is 10.2. The van der Waals surface area contributed by atoms with Gasteiger partial charge in [-0.2, -0.15) is 0 Å². The van der Waals surface area contributed by atoms with Gasteiger partial charge in [-0.3, -0.25) is 0 Å². The van der Waals surface area contributed by atoms with Gasteiger partial charge in [0.15, 0.2) is 0 Å². The second-order valence-electron chi connectivity index (χ2n) is 2.34. The van der Waals surface area contributed by atoms with Crippen LogP contribution in [0.15, 0.2) is 30.3 Å². The van der Waals surface area contributed by atoms with Crippen molar-refractivity contribution in [2.24, 2.45) is 0 Å². The lowest BCUT2D eigenvalue weighted by atomic mass is 10.1. The lowest BCUT2D eigenvalue weighted by Crippen LogP contribution is -2.03. The molecule has 0 aliphatic carbocycles. The van der Waals surface area contributed by atoms with E-state index in [4.69, 9.17) is 11.6 Å². The Labute approximate surface area is 71.0 Å². The van der Waals surface area contributed by atoms with E-state index in [0.29, 0.717) is 6.42 Å². The summed E-state index contributed by atoms with van der Waals surface area (Å²) in [7, 11) is 0. The molecule has 0 unspecified atom stereocenters. The number of rotatable bonds is 3. The Hall–Kier alpha value is -0.820. The van der Waals surface area contributed by atoms with Gasteiger partial charge in [0, 0.05) is 0 Å². The van der Waals surface area contributed by atoms with E-state index in [9.17, 15) is 4.79 Å². The second kappa shape index (κ2) is 4.14. The minimum atomic E-state index is -0.391. The predicted molar refractivity (Wildman–Crippen MR) is 45.9 cm³/mol. The van der Waals surface area contributed by atoms with Gasteiger partial charge < -0.3 is 4.79 Å². The highest BCUT2D eigenvalue weighted by Crippen LogP contribution is 2.05. The standard InChI is InChI=1S/C9H9ClO/c10-9(7-11)6-8-4-2-1-3-5-8/h1-5,7,9H,6H2/t9-/m0/s1. The number of carbonyl (C=O) groups is 1. The molecule has 0 saturated carbocycles. The van der Waals surface area contributed by atoms with Gasteiger partial charge in [0.05, 0.1) is 5.38 Å². The molecule has 1 nitrogen and oxygen atoms in total. The smallest absolute Gasteiger partial charge is 0.138 e. The molecule has 0 N–H and O–H groups in total. The zero-order valence-electron chi connectivity index (χ0n) is 6.03. The van der Waals surface area contributed by atoms with Crippen LogP contribution in [0.3, 0.4) is 0 Å². The first-order valence-corrected chi connectivity index (χ1v) is 3.90. The molecule has 0 saturated heterocycles. The molecule has 0 aliphatic heterocycles. The van der Waals surface area contributed by atoms with E-state index in [1.807, 2.05) is 30.3 Å². The second-order valence-corrected chi connectivity index (χ2v) is 2.90. The van der Waals surface area contributed by atoms with Crippen molar-refractivity contribution < 1.29 is 4.79 Å². The van der Waals surface area contributed by atoms with Crippen LogP contribution in [0.4, 0.5) is 0 Å². The molecule has 58 valence electrons. The number of halogens is 1. The molecule has 0 bridgehead atoms. The van der Waals surface area contributed by atoms with Gasteiger partial charge in [-0.15, -0.1) is 11.6 Å². The first-order chi connectivity index (χ1) is 5.33. The lowest BCUT2D eigenvalue weighted by molar-refractivity contribution is -0.107. The zero-order valence-corrected chi connectivity index (χ0v) is 6.79. The van der Waals surface area contributed by atoms with Gasteiger partial charge >= 0.3 is 0 Å². The molecule has 0 amide bonds. The quantitative estimate of drug-likeness (QED) is 0.499. The van der Waals surface area contributed by atoms with Crippen molar-refractivity contribution in [3.05, 3.63) is 35.9 Å². The number of hydrogen-bond donors (Lipinski definition) is 0. The molecule has 1 aromatic carbocycles. The molecule has 0 radical (unpaired) electrons. The fourth-order valence-electron chi connectivity index (χ4n) is 0.887. The van der Waals surface area contributed by atoms with Crippen molar-refractivity contribution in [1.82, 2.24) is 0 Å². The Balaban J connectivity index is 2.57.